The number of benzene rings is 1. The summed E-state index contributed by atoms with van der Waals surface area (Å²) in [5.74, 6) is -0.379. The van der Waals surface area contributed by atoms with Crippen LogP contribution >= 0.6 is 23.2 Å². The Morgan fingerprint density at radius 1 is 1.32 bits per heavy atom. The molecule has 0 bridgehead atoms. The minimum Gasteiger partial charge on any atom is -0.467 e. The predicted octanol–water partition coefficient (Wildman–Crippen LogP) is 3.81. The molecule has 0 saturated carbocycles. The van der Waals surface area contributed by atoms with Gasteiger partial charge < -0.3 is 9.47 Å². The van der Waals surface area contributed by atoms with Crippen LogP contribution in [0.2, 0.25) is 10.0 Å². The first-order chi connectivity index (χ1) is 8.79. The molecule has 0 aromatic heterocycles. The number of esters is 1. The van der Waals surface area contributed by atoms with E-state index >= 15 is 0 Å². The number of carbonyl (C=O) groups is 1. The van der Waals surface area contributed by atoms with Gasteiger partial charge in [-0.05, 0) is 30.5 Å². The summed E-state index contributed by atoms with van der Waals surface area (Å²) < 4.78 is 10.7. The fourth-order valence-corrected chi connectivity index (χ4v) is 2.95. The largest absolute Gasteiger partial charge is 0.467 e. The third kappa shape index (κ3) is 1.95. The topological polar surface area (TPSA) is 38.8 Å². The molecule has 2 rings (SSSR count). The molecular weight excluding hydrogens is 287 g/mol. The van der Waals surface area contributed by atoms with Crippen LogP contribution in [-0.2, 0) is 19.9 Å². The molecule has 1 saturated heterocycles. The molecule has 3 nitrogen and oxygen atoms in total. The van der Waals surface area contributed by atoms with Crippen LogP contribution in [0.3, 0.4) is 0 Å². The molecule has 2 unspecified atom stereocenters. The maximum atomic E-state index is 12.1. The normalized spacial score (nSPS) is 29.4. The summed E-state index contributed by atoms with van der Waals surface area (Å²) in [6.45, 7) is 5.73. The van der Waals surface area contributed by atoms with Crippen molar-refractivity contribution in [3.05, 3.63) is 33.8 Å². The molecule has 0 amide bonds. The first kappa shape index (κ1) is 14.6. The van der Waals surface area contributed by atoms with E-state index in [9.17, 15) is 4.79 Å². The summed E-state index contributed by atoms with van der Waals surface area (Å²) in [6.07, 6.45) is 0. The second kappa shape index (κ2) is 4.65. The molecule has 2 atom stereocenters. The van der Waals surface area contributed by atoms with Crippen LogP contribution in [0.15, 0.2) is 18.2 Å². The van der Waals surface area contributed by atoms with Crippen molar-refractivity contribution in [1.29, 1.82) is 0 Å². The van der Waals surface area contributed by atoms with Gasteiger partial charge in [-0.3, -0.25) is 0 Å². The van der Waals surface area contributed by atoms with E-state index in [1.807, 2.05) is 26.8 Å². The van der Waals surface area contributed by atoms with Crippen molar-refractivity contribution in [3.63, 3.8) is 0 Å². The van der Waals surface area contributed by atoms with E-state index in [-0.39, 0.29) is 11.9 Å². The van der Waals surface area contributed by atoms with Crippen LogP contribution < -0.4 is 0 Å². The quantitative estimate of drug-likeness (QED) is 0.629. The van der Waals surface area contributed by atoms with Crippen LogP contribution in [0.1, 0.15) is 26.3 Å². The molecule has 0 spiro atoms. The number of methoxy groups -OCH3 is 1. The average Bonchev–Trinajstić information content (AvgIpc) is 3.01. The summed E-state index contributed by atoms with van der Waals surface area (Å²) in [7, 11) is 1.36. The second-order valence-electron chi connectivity index (χ2n) is 5.15. The Hall–Kier alpha value is -0.770. The number of hydrogen-bond donors (Lipinski definition) is 0. The average molecular weight is 303 g/mol. The van der Waals surface area contributed by atoms with Gasteiger partial charge in [0, 0.05) is 0 Å². The fraction of sp³-hybridized carbons (Fsp3) is 0.500. The zero-order chi connectivity index (χ0) is 14.4. The van der Waals surface area contributed by atoms with Gasteiger partial charge in [-0.2, -0.15) is 0 Å². The zero-order valence-corrected chi connectivity index (χ0v) is 12.8. The number of carbonyl (C=O) groups excluding carboxylic acids is 1. The zero-order valence-electron chi connectivity index (χ0n) is 11.3. The summed E-state index contributed by atoms with van der Waals surface area (Å²) in [5, 5.41) is 0.918. The van der Waals surface area contributed by atoms with Gasteiger partial charge in [0.2, 0.25) is 5.60 Å². The van der Waals surface area contributed by atoms with Gasteiger partial charge in [0.1, 0.15) is 5.60 Å². The van der Waals surface area contributed by atoms with Gasteiger partial charge in [-0.25, -0.2) is 4.79 Å². The van der Waals surface area contributed by atoms with Crippen molar-refractivity contribution < 1.29 is 14.3 Å². The Labute approximate surface area is 122 Å². The molecule has 1 aliphatic rings. The van der Waals surface area contributed by atoms with Crippen molar-refractivity contribution in [3.8, 4) is 0 Å². The van der Waals surface area contributed by atoms with Gasteiger partial charge in [0.15, 0.2) is 0 Å². The Kier molecular flexibility index (Phi) is 3.58. The van der Waals surface area contributed by atoms with E-state index in [0.717, 1.165) is 5.56 Å². The fourth-order valence-electron chi connectivity index (χ4n) is 2.66. The summed E-state index contributed by atoms with van der Waals surface area (Å²) in [5.41, 5.74) is -0.873. The third-order valence-electron chi connectivity index (χ3n) is 3.80. The van der Waals surface area contributed by atoms with E-state index in [0.29, 0.717) is 10.0 Å². The van der Waals surface area contributed by atoms with Crippen molar-refractivity contribution in [2.75, 3.05) is 7.11 Å². The predicted molar refractivity (Wildman–Crippen MR) is 74.5 cm³/mol. The van der Waals surface area contributed by atoms with Crippen LogP contribution in [0, 0.1) is 5.92 Å². The van der Waals surface area contributed by atoms with E-state index in [1.54, 1.807) is 12.1 Å². The molecule has 0 radical (unpaired) electrons. The molecule has 1 aromatic carbocycles. The molecule has 104 valence electrons. The van der Waals surface area contributed by atoms with Crippen LogP contribution in [0.5, 0.6) is 0 Å². The minimum absolute atomic E-state index is 0.0144. The first-order valence-electron chi connectivity index (χ1n) is 6.03. The molecule has 5 heteroatoms. The molecule has 0 aliphatic carbocycles. The molecule has 19 heavy (non-hydrogen) atoms. The Morgan fingerprint density at radius 2 is 1.95 bits per heavy atom. The maximum absolute atomic E-state index is 12.1. The number of halogens is 2. The summed E-state index contributed by atoms with van der Waals surface area (Å²) >= 11 is 11.9. The summed E-state index contributed by atoms with van der Waals surface area (Å²) in [6, 6.07) is 5.26. The third-order valence-corrected chi connectivity index (χ3v) is 4.54. The smallest absolute Gasteiger partial charge is 0.341 e. The lowest BCUT2D eigenvalue weighted by molar-refractivity contribution is -0.148. The van der Waals surface area contributed by atoms with E-state index < -0.39 is 11.2 Å². The molecule has 1 aromatic rings. The standard InChI is InChI=1S/C14H16Cl2O3/c1-8(2)14(12(17)18-4)13(3,19-14)9-5-6-10(15)11(16)7-9/h5-8H,1-4H3. The van der Waals surface area contributed by atoms with Gasteiger partial charge in [-0.15, -0.1) is 0 Å². The highest BCUT2D eigenvalue weighted by atomic mass is 35.5. The first-order valence-corrected chi connectivity index (χ1v) is 6.79. The van der Waals surface area contributed by atoms with Gasteiger partial charge in [0.25, 0.3) is 0 Å². The van der Waals surface area contributed by atoms with E-state index in [2.05, 4.69) is 0 Å². The van der Waals surface area contributed by atoms with Crippen LogP contribution in [-0.4, -0.2) is 18.7 Å². The number of ether oxygens (including phenoxy) is 2. The Morgan fingerprint density at radius 3 is 2.42 bits per heavy atom. The molecule has 0 N–H and O–H groups in total. The van der Waals surface area contributed by atoms with Crippen LogP contribution in [0.4, 0.5) is 0 Å². The van der Waals surface area contributed by atoms with E-state index in [4.69, 9.17) is 32.7 Å². The number of epoxide rings is 1. The van der Waals surface area contributed by atoms with Crippen molar-refractivity contribution in [1.82, 2.24) is 0 Å². The molecule has 1 aliphatic heterocycles. The van der Waals surface area contributed by atoms with Crippen molar-refractivity contribution >= 4 is 29.2 Å². The van der Waals surface area contributed by atoms with Gasteiger partial charge in [0.05, 0.1) is 17.2 Å². The lowest BCUT2D eigenvalue weighted by atomic mass is 9.80. The molecule has 1 fully saturated rings. The molecule has 1 heterocycles. The Bertz CT molecular complexity index is 529. The minimum atomic E-state index is -0.959. The van der Waals surface area contributed by atoms with Crippen LogP contribution in [0.25, 0.3) is 0 Å². The molecular formula is C14H16Cl2O3. The van der Waals surface area contributed by atoms with Gasteiger partial charge >= 0.3 is 5.97 Å². The van der Waals surface area contributed by atoms with E-state index in [1.165, 1.54) is 7.11 Å². The monoisotopic (exact) mass is 302 g/mol. The highest BCUT2D eigenvalue weighted by Crippen LogP contribution is 2.60. The Balaban J connectivity index is 2.45. The number of hydrogen-bond acceptors (Lipinski definition) is 3. The van der Waals surface area contributed by atoms with Crippen molar-refractivity contribution in [2.45, 2.75) is 32.0 Å². The highest BCUT2D eigenvalue weighted by molar-refractivity contribution is 6.42. The van der Waals surface area contributed by atoms with Gasteiger partial charge in [-0.1, -0.05) is 43.1 Å². The second-order valence-corrected chi connectivity index (χ2v) is 5.96. The number of rotatable bonds is 3. The SMILES string of the molecule is COC(=O)C1(C(C)C)OC1(C)c1ccc(Cl)c(Cl)c1. The maximum Gasteiger partial charge on any atom is 0.341 e. The lowest BCUT2D eigenvalue weighted by Gasteiger charge is -2.19. The highest BCUT2D eigenvalue weighted by Gasteiger charge is 2.75. The lowest BCUT2D eigenvalue weighted by Crippen LogP contribution is -2.37. The van der Waals surface area contributed by atoms with Crippen molar-refractivity contribution in [2.24, 2.45) is 5.92 Å². The summed E-state index contributed by atoms with van der Waals surface area (Å²) in [4.78, 5) is 12.1.